The van der Waals surface area contributed by atoms with Crippen molar-refractivity contribution >= 4 is 18.1 Å². The molecular weight excluding hydrogens is 392 g/mol. The average Bonchev–Trinajstić information content (AvgIpc) is 2.83. The molecule has 156 valence electrons. The van der Waals surface area contributed by atoms with Gasteiger partial charge in [0.1, 0.15) is 18.6 Å². The highest BCUT2D eigenvalue weighted by Crippen LogP contribution is 2.37. The van der Waals surface area contributed by atoms with Gasteiger partial charge in [-0.2, -0.15) is 5.10 Å². The Balaban J connectivity index is 1.87. The molecule has 1 aliphatic rings. The van der Waals surface area contributed by atoms with Crippen LogP contribution in [0.15, 0.2) is 83.7 Å². The molecule has 0 bridgehead atoms. The zero-order valence-electron chi connectivity index (χ0n) is 17.1. The van der Waals surface area contributed by atoms with Crippen LogP contribution < -0.4 is 5.73 Å². The molecule has 0 radical (unpaired) electrons. The first-order valence-electron chi connectivity index (χ1n) is 9.77. The van der Waals surface area contributed by atoms with Crippen LogP contribution >= 0.6 is 0 Å². The number of carbonyl (C=O) groups excluding carboxylic acids is 1. The number of hydrazone groups is 1. The maximum absolute atomic E-state index is 12.7. The molecule has 0 fully saturated rings. The van der Waals surface area contributed by atoms with Crippen molar-refractivity contribution in [2.75, 3.05) is 7.11 Å². The van der Waals surface area contributed by atoms with Crippen LogP contribution in [0.3, 0.4) is 0 Å². The molecule has 1 aliphatic heterocycles. The minimum absolute atomic E-state index is 0.158. The van der Waals surface area contributed by atoms with E-state index in [0.29, 0.717) is 18.0 Å². The van der Waals surface area contributed by atoms with E-state index < -0.39 is 5.97 Å². The van der Waals surface area contributed by atoms with Gasteiger partial charge >= 0.3 is 5.97 Å². The molecule has 1 aromatic heterocycles. The normalized spacial score (nSPS) is 13.3. The van der Waals surface area contributed by atoms with Crippen LogP contribution in [-0.2, 0) is 27.4 Å². The molecule has 7 heteroatoms. The summed E-state index contributed by atoms with van der Waals surface area (Å²) < 4.78 is 11.2. The Morgan fingerprint density at radius 1 is 1.13 bits per heavy atom. The standard InChI is InChI=1S/C24H22N4O3/c1-30-24(29)22-23(31-15-17-8-4-2-5-9-17)21-20(14-28(22)27-16-25)19(12-13-26-21)18-10-6-3-7-11-18/h2-13,16H,14-15H2,1H3,(H2,25,27). The molecule has 2 aromatic carbocycles. The largest absolute Gasteiger partial charge is 0.484 e. The number of ether oxygens (including phenoxy) is 2. The fraction of sp³-hybridized carbons (Fsp3) is 0.125. The molecule has 0 amide bonds. The zero-order chi connectivity index (χ0) is 21.6. The first-order chi connectivity index (χ1) is 15.2. The van der Waals surface area contributed by atoms with E-state index in [-0.39, 0.29) is 12.3 Å². The first kappa shape index (κ1) is 20.2. The van der Waals surface area contributed by atoms with Crippen LogP contribution in [0.4, 0.5) is 0 Å². The molecular formula is C24H22N4O3. The van der Waals surface area contributed by atoms with E-state index in [0.717, 1.165) is 28.6 Å². The summed E-state index contributed by atoms with van der Waals surface area (Å²) in [5.74, 6) is -0.272. The summed E-state index contributed by atoms with van der Waals surface area (Å²) in [6, 6.07) is 21.6. The van der Waals surface area contributed by atoms with E-state index in [2.05, 4.69) is 10.1 Å². The van der Waals surface area contributed by atoms with E-state index in [1.807, 2.05) is 66.7 Å². The molecule has 0 spiro atoms. The fourth-order valence-corrected chi connectivity index (χ4v) is 3.53. The summed E-state index contributed by atoms with van der Waals surface area (Å²) in [6.07, 6.45) is 2.85. The Morgan fingerprint density at radius 2 is 1.84 bits per heavy atom. The lowest BCUT2D eigenvalue weighted by molar-refractivity contribution is -0.138. The Morgan fingerprint density at radius 3 is 2.52 bits per heavy atom. The van der Waals surface area contributed by atoms with Gasteiger partial charge in [-0.15, -0.1) is 0 Å². The van der Waals surface area contributed by atoms with Crippen molar-refractivity contribution in [1.29, 1.82) is 0 Å². The minimum Gasteiger partial charge on any atom is -0.484 e. The van der Waals surface area contributed by atoms with E-state index >= 15 is 0 Å². The summed E-state index contributed by atoms with van der Waals surface area (Å²) >= 11 is 0. The Kier molecular flexibility index (Phi) is 5.93. The minimum atomic E-state index is -0.578. The third-order valence-electron chi connectivity index (χ3n) is 4.95. The monoisotopic (exact) mass is 414 g/mol. The maximum Gasteiger partial charge on any atom is 0.360 e. The topological polar surface area (TPSA) is 90.0 Å². The van der Waals surface area contributed by atoms with Gasteiger partial charge in [0.15, 0.2) is 11.5 Å². The maximum atomic E-state index is 12.7. The lowest BCUT2D eigenvalue weighted by atomic mass is 9.95. The van der Waals surface area contributed by atoms with Crippen molar-refractivity contribution in [3.8, 4) is 11.1 Å². The Hall–Kier alpha value is -4.13. The van der Waals surface area contributed by atoms with Gasteiger partial charge in [-0.1, -0.05) is 60.7 Å². The molecule has 4 rings (SSSR count). The number of carbonyl (C=O) groups is 1. The van der Waals surface area contributed by atoms with Crippen LogP contribution in [0.1, 0.15) is 16.8 Å². The lowest BCUT2D eigenvalue weighted by Crippen LogP contribution is -2.31. The number of rotatable bonds is 6. The number of pyridine rings is 1. The van der Waals surface area contributed by atoms with Crippen LogP contribution in [0.25, 0.3) is 16.9 Å². The number of methoxy groups -OCH3 is 1. The number of nitrogens with two attached hydrogens (primary N) is 1. The Bertz CT molecular complexity index is 1130. The molecule has 2 heterocycles. The van der Waals surface area contributed by atoms with E-state index in [1.165, 1.54) is 12.1 Å². The molecule has 0 aliphatic carbocycles. The van der Waals surface area contributed by atoms with Gasteiger partial charge in [0.2, 0.25) is 0 Å². The number of fused-ring (bicyclic) bond motifs is 1. The highest BCUT2D eigenvalue weighted by atomic mass is 16.5. The van der Waals surface area contributed by atoms with Gasteiger partial charge in [0, 0.05) is 11.8 Å². The summed E-state index contributed by atoms with van der Waals surface area (Å²) in [4.78, 5) is 17.3. The summed E-state index contributed by atoms with van der Waals surface area (Å²) in [5.41, 5.74) is 10.2. The van der Waals surface area contributed by atoms with Gasteiger partial charge in [0.05, 0.1) is 13.7 Å². The van der Waals surface area contributed by atoms with Crippen molar-refractivity contribution < 1.29 is 14.3 Å². The zero-order valence-corrected chi connectivity index (χ0v) is 17.1. The third kappa shape index (κ3) is 4.11. The average molecular weight is 414 g/mol. The number of hydrogen-bond donors (Lipinski definition) is 1. The molecule has 0 unspecified atom stereocenters. The molecule has 7 nitrogen and oxygen atoms in total. The van der Waals surface area contributed by atoms with Crippen molar-refractivity contribution in [1.82, 2.24) is 9.99 Å². The molecule has 0 saturated carbocycles. The van der Waals surface area contributed by atoms with Crippen molar-refractivity contribution in [3.05, 3.63) is 95.4 Å². The smallest absolute Gasteiger partial charge is 0.360 e. The highest BCUT2D eigenvalue weighted by Gasteiger charge is 2.34. The second-order valence-electron chi connectivity index (χ2n) is 6.82. The molecule has 3 aromatic rings. The predicted octanol–water partition coefficient (Wildman–Crippen LogP) is 3.52. The Labute approximate surface area is 180 Å². The van der Waals surface area contributed by atoms with Crippen LogP contribution in [0, 0.1) is 0 Å². The quantitative estimate of drug-likeness (QED) is 0.377. The van der Waals surface area contributed by atoms with Crippen molar-refractivity contribution in [2.24, 2.45) is 10.8 Å². The van der Waals surface area contributed by atoms with Crippen LogP contribution in [0.2, 0.25) is 0 Å². The predicted molar refractivity (Wildman–Crippen MR) is 118 cm³/mol. The van der Waals surface area contributed by atoms with Gasteiger partial charge in [-0.3, -0.25) is 4.98 Å². The fourth-order valence-electron chi connectivity index (χ4n) is 3.53. The summed E-state index contributed by atoms with van der Waals surface area (Å²) in [5, 5.41) is 5.68. The molecule has 0 saturated heterocycles. The summed E-state index contributed by atoms with van der Waals surface area (Å²) in [6.45, 7) is 0.553. The summed E-state index contributed by atoms with van der Waals surface area (Å²) in [7, 11) is 1.32. The second-order valence-corrected chi connectivity index (χ2v) is 6.82. The van der Waals surface area contributed by atoms with Crippen LogP contribution in [0.5, 0.6) is 0 Å². The number of esters is 1. The number of aromatic nitrogens is 1. The van der Waals surface area contributed by atoms with Crippen molar-refractivity contribution in [2.45, 2.75) is 13.2 Å². The van der Waals surface area contributed by atoms with Crippen LogP contribution in [-0.4, -0.2) is 29.4 Å². The van der Waals surface area contributed by atoms with Crippen molar-refractivity contribution in [3.63, 3.8) is 0 Å². The van der Waals surface area contributed by atoms with Gasteiger partial charge in [0.25, 0.3) is 0 Å². The van der Waals surface area contributed by atoms with Gasteiger partial charge in [-0.05, 0) is 22.8 Å². The first-order valence-corrected chi connectivity index (χ1v) is 9.77. The molecule has 0 atom stereocenters. The van der Waals surface area contributed by atoms with E-state index in [4.69, 9.17) is 15.2 Å². The molecule has 2 N–H and O–H groups in total. The lowest BCUT2D eigenvalue weighted by Gasteiger charge is -2.30. The third-order valence-corrected chi connectivity index (χ3v) is 4.95. The second kappa shape index (κ2) is 9.13. The van der Waals surface area contributed by atoms with Gasteiger partial charge < -0.3 is 15.2 Å². The van der Waals surface area contributed by atoms with Gasteiger partial charge in [-0.25, -0.2) is 9.80 Å². The number of hydrogen-bond acceptors (Lipinski definition) is 6. The van der Waals surface area contributed by atoms with E-state index in [1.54, 1.807) is 6.20 Å². The number of nitrogens with zero attached hydrogens (tertiary/aromatic N) is 3. The van der Waals surface area contributed by atoms with E-state index in [9.17, 15) is 4.79 Å². The SMILES string of the molecule is COC(=O)C1=C(OCc2ccccc2)c2nccc(-c3ccccc3)c2CN1/N=C\N. The molecule has 31 heavy (non-hydrogen) atoms. The number of benzene rings is 2. The highest BCUT2D eigenvalue weighted by molar-refractivity contribution is 5.97.